The number of para-hydroxylation sites is 2. The SMILES string of the molecule is Cl.Cl.NCCCC(=O)Nc1ccccc1N1CCCCC1. The van der Waals surface area contributed by atoms with E-state index in [1.165, 1.54) is 19.3 Å². The Labute approximate surface area is 139 Å². The van der Waals surface area contributed by atoms with E-state index in [-0.39, 0.29) is 30.7 Å². The zero-order valence-electron chi connectivity index (χ0n) is 12.2. The molecule has 120 valence electrons. The number of nitrogens with zero attached hydrogens (tertiary/aromatic N) is 1. The molecule has 0 bridgehead atoms. The summed E-state index contributed by atoms with van der Waals surface area (Å²) in [5, 5.41) is 3.01. The fraction of sp³-hybridized carbons (Fsp3) is 0.533. The van der Waals surface area contributed by atoms with Crippen LogP contribution in [0.4, 0.5) is 11.4 Å². The van der Waals surface area contributed by atoms with Gasteiger partial charge in [0.15, 0.2) is 0 Å². The van der Waals surface area contributed by atoms with Crippen LogP contribution in [0.3, 0.4) is 0 Å². The average Bonchev–Trinajstić information content (AvgIpc) is 2.46. The number of nitrogens with two attached hydrogens (primary N) is 1. The summed E-state index contributed by atoms with van der Waals surface area (Å²) in [6, 6.07) is 8.06. The van der Waals surface area contributed by atoms with Gasteiger partial charge in [0.05, 0.1) is 11.4 Å². The van der Waals surface area contributed by atoms with Crippen molar-refractivity contribution in [2.24, 2.45) is 5.73 Å². The molecule has 0 spiro atoms. The van der Waals surface area contributed by atoms with Crippen LogP contribution < -0.4 is 16.0 Å². The molecule has 1 aromatic carbocycles. The zero-order valence-corrected chi connectivity index (χ0v) is 13.8. The number of hydrogen-bond donors (Lipinski definition) is 2. The van der Waals surface area contributed by atoms with Crippen molar-refractivity contribution in [3.8, 4) is 0 Å². The van der Waals surface area contributed by atoms with Crippen LogP contribution in [-0.2, 0) is 4.79 Å². The normalized spacial score (nSPS) is 13.9. The summed E-state index contributed by atoms with van der Waals surface area (Å²) in [5.74, 6) is 0.0508. The highest BCUT2D eigenvalue weighted by Crippen LogP contribution is 2.28. The number of amides is 1. The Kier molecular flexibility index (Phi) is 10.2. The van der Waals surface area contributed by atoms with E-state index in [2.05, 4.69) is 16.3 Å². The first-order chi connectivity index (χ1) is 9.31. The van der Waals surface area contributed by atoms with Crippen LogP contribution >= 0.6 is 24.8 Å². The fourth-order valence-corrected chi connectivity index (χ4v) is 2.47. The minimum atomic E-state index is 0. The Morgan fingerprint density at radius 1 is 1.14 bits per heavy atom. The highest BCUT2D eigenvalue weighted by atomic mass is 35.5. The maximum Gasteiger partial charge on any atom is 0.224 e. The quantitative estimate of drug-likeness (QED) is 0.869. The van der Waals surface area contributed by atoms with Crippen molar-refractivity contribution in [2.75, 3.05) is 29.9 Å². The van der Waals surface area contributed by atoms with Crippen molar-refractivity contribution in [1.82, 2.24) is 0 Å². The zero-order chi connectivity index (χ0) is 13.5. The van der Waals surface area contributed by atoms with Gasteiger partial charge >= 0.3 is 0 Å². The van der Waals surface area contributed by atoms with E-state index in [4.69, 9.17) is 5.73 Å². The van der Waals surface area contributed by atoms with Crippen LogP contribution in [0.15, 0.2) is 24.3 Å². The van der Waals surface area contributed by atoms with Gasteiger partial charge in [0.2, 0.25) is 5.91 Å². The van der Waals surface area contributed by atoms with E-state index < -0.39 is 0 Å². The molecule has 0 unspecified atom stereocenters. The molecule has 1 aromatic rings. The lowest BCUT2D eigenvalue weighted by atomic mass is 10.1. The number of carbonyl (C=O) groups is 1. The maximum absolute atomic E-state index is 11.8. The summed E-state index contributed by atoms with van der Waals surface area (Å²) in [6.45, 7) is 2.71. The highest BCUT2D eigenvalue weighted by molar-refractivity contribution is 5.94. The number of halogens is 2. The summed E-state index contributed by atoms with van der Waals surface area (Å²) in [6.07, 6.45) is 5.00. The molecular formula is C15H25Cl2N3O. The number of nitrogens with one attached hydrogen (secondary N) is 1. The first kappa shape index (κ1) is 20.0. The number of anilines is 2. The molecule has 1 aliphatic rings. The highest BCUT2D eigenvalue weighted by Gasteiger charge is 2.15. The Morgan fingerprint density at radius 2 is 1.81 bits per heavy atom. The molecule has 1 saturated heterocycles. The molecule has 3 N–H and O–H groups in total. The molecule has 1 fully saturated rings. The second kappa shape index (κ2) is 10.7. The molecule has 6 heteroatoms. The second-order valence-electron chi connectivity index (χ2n) is 5.01. The monoisotopic (exact) mass is 333 g/mol. The lowest BCUT2D eigenvalue weighted by molar-refractivity contribution is -0.116. The largest absolute Gasteiger partial charge is 0.370 e. The van der Waals surface area contributed by atoms with Crippen LogP contribution in [0.25, 0.3) is 0 Å². The van der Waals surface area contributed by atoms with Crippen LogP contribution in [0.1, 0.15) is 32.1 Å². The van der Waals surface area contributed by atoms with Crippen molar-refractivity contribution >= 4 is 42.1 Å². The summed E-state index contributed by atoms with van der Waals surface area (Å²) < 4.78 is 0. The summed E-state index contributed by atoms with van der Waals surface area (Å²) >= 11 is 0. The van der Waals surface area contributed by atoms with Gasteiger partial charge in [0.25, 0.3) is 0 Å². The summed E-state index contributed by atoms with van der Waals surface area (Å²) in [7, 11) is 0. The lowest BCUT2D eigenvalue weighted by Gasteiger charge is -2.30. The molecular weight excluding hydrogens is 309 g/mol. The first-order valence-electron chi connectivity index (χ1n) is 7.15. The van der Waals surface area contributed by atoms with Crippen molar-refractivity contribution in [2.45, 2.75) is 32.1 Å². The first-order valence-corrected chi connectivity index (χ1v) is 7.15. The standard InChI is InChI=1S/C15H23N3O.2ClH/c16-10-6-9-15(19)17-13-7-2-3-8-14(13)18-11-4-1-5-12-18;;/h2-3,7-8H,1,4-6,9-12,16H2,(H,17,19);2*1H. The number of benzene rings is 1. The molecule has 21 heavy (non-hydrogen) atoms. The summed E-state index contributed by atoms with van der Waals surface area (Å²) in [4.78, 5) is 14.2. The van der Waals surface area contributed by atoms with E-state index in [0.29, 0.717) is 13.0 Å². The second-order valence-corrected chi connectivity index (χ2v) is 5.01. The number of piperidine rings is 1. The van der Waals surface area contributed by atoms with Gasteiger partial charge < -0.3 is 16.0 Å². The molecule has 1 heterocycles. The number of hydrogen-bond acceptors (Lipinski definition) is 3. The molecule has 4 nitrogen and oxygen atoms in total. The van der Waals surface area contributed by atoms with Crippen LogP contribution in [0.2, 0.25) is 0 Å². The lowest BCUT2D eigenvalue weighted by Crippen LogP contribution is -2.30. The van der Waals surface area contributed by atoms with Crippen molar-refractivity contribution in [1.29, 1.82) is 0 Å². The molecule has 1 aliphatic heterocycles. The van der Waals surface area contributed by atoms with Crippen LogP contribution in [-0.4, -0.2) is 25.5 Å². The molecule has 0 radical (unpaired) electrons. The van der Waals surface area contributed by atoms with Gasteiger partial charge in [0.1, 0.15) is 0 Å². The summed E-state index contributed by atoms with van der Waals surface area (Å²) in [5.41, 5.74) is 7.49. The van der Waals surface area contributed by atoms with Gasteiger partial charge in [-0.3, -0.25) is 4.79 Å². The van der Waals surface area contributed by atoms with E-state index in [1.807, 2.05) is 18.2 Å². The van der Waals surface area contributed by atoms with Crippen LogP contribution in [0.5, 0.6) is 0 Å². The smallest absolute Gasteiger partial charge is 0.224 e. The minimum Gasteiger partial charge on any atom is -0.370 e. The Morgan fingerprint density at radius 3 is 2.48 bits per heavy atom. The maximum atomic E-state index is 11.8. The predicted octanol–water partition coefficient (Wildman–Crippen LogP) is 3.20. The average molecular weight is 334 g/mol. The Balaban J connectivity index is 0.00000200. The van der Waals surface area contributed by atoms with Crippen molar-refractivity contribution in [3.05, 3.63) is 24.3 Å². The van der Waals surface area contributed by atoms with E-state index in [9.17, 15) is 4.79 Å². The van der Waals surface area contributed by atoms with E-state index in [1.54, 1.807) is 0 Å². The molecule has 0 saturated carbocycles. The Bertz CT molecular complexity index is 423. The topological polar surface area (TPSA) is 58.4 Å². The molecule has 0 aromatic heterocycles. The Hall–Kier alpha value is -0.970. The predicted molar refractivity (Wildman–Crippen MR) is 93.9 cm³/mol. The third-order valence-corrected chi connectivity index (χ3v) is 3.48. The van der Waals surface area contributed by atoms with Gasteiger partial charge in [-0.25, -0.2) is 0 Å². The van der Waals surface area contributed by atoms with Gasteiger partial charge in [-0.2, -0.15) is 0 Å². The third-order valence-electron chi connectivity index (χ3n) is 3.48. The van der Waals surface area contributed by atoms with Gasteiger partial charge in [0, 0.05) is 19.5 Å². The number of carbonyl (C=O) groups excluding carboxylic acids is 1. The number of rotatable bonds is 5. The van der Waals surface area contributed by atoms with Gasteiger partial charge in [-0.15, -0.1) is 24.8 Å². The minimum absolute atomic E-state index is 0. The van der Waals surface area contributed by atoms with Gasteiger partial charge in [-0.1, -0.05) is 12.1 Å². The fourth-order valence-electron chi connectivity index (χ4n) is 2.47. The molecule has 1 amide bonds. The van der Waals surface area contributed by atoms with Crippen LogP contribution in [0, 0.1) is 0 Å². The third kappa shape index (κ3) is 6.12. The van der Waals surface area contributed by atoms with Crippen molar-refractivity contribution < 1.29 is 4.79 Å². The van der Waals surface area contributed by atoms with Crippen molar-refractivity contribution in [3.63, 3.8) is 0 Å². The van der Waals surface area contributed by atoms with Gasteiger partial charge in [-0.05, 0) is 44.4 Å². The van der Waals surface area contributed by atoms with E-state index in [0.717, 1.165) is 30.9 Å². The molecule has 0 aliphatic carbocycles. The van der Waals surface area contributed by atoms with E-state index >= 15 is 0 Å². The molecule has 2 rings (SSSR count). The molecule has 0 atom stereocenters.